The van der Waals surface area contributed by atoms with Crippen molar-refractivity contribution in [3.05, 3.63) is 53.1 Å². The Labute approximate surface area is 156 Å². The molecule has 5 nitrogen and oxygen atoms in total. The molecule has 1 aliphatic heterocycles. The van der Waals surface area contributed by atoms with Crippen molar-refractivity contribution in [2.45, 2.75) is 39.2 Å². The summed E-state index contributed by atoms with van der Waals surface area (Å²) >= 11 is 0. The Kier molecular flexibility index (Phi) is 5.77. The zero-order valence-electron chi connectivity index (χ0n) is 16.4. The molecule has 1 aliphatic rings. The van der Waals surface area contributed by atoms with E-state index < -0.39 is 0 Å². The Morgan fingerprint density at radius 3 is 2.81 bits per heavy atom. The van der Waals surface area contributed by atoms with Crippen molar-refractivity contribution in [1.82, 2.24) is 19.4 Å². The van der Waals surface area contributed by atoms with Gasteiger partial charge in [0.1, 0.15) is 5.82 Å². The number of carbonyl (C=O) groups is 1. The van der Waals surface area contributed by atoms with Crippen LogP contribution in [-0.2, 0) is 6.54 Å². The van der Waals surface area contributed by atoms with Crippen LogP contribution < -0.4 is 0 Å². The third kappa shape index (κ3) is 4.15. The summed E-state index contributed by atoms with van der Waals surface area (Å²) in [5.74, 6) is 1.57. The molecule has 1 saturated heterocycles. The van der Waals surface area contributed by atoms with Crippen LogP contribution in [0, 0.1) is 13.8 Å². The number of aryl methyl sites for hydroxylation is 2. The molecule has 26 heavy (non-hydrogen) atoms. The maximum absolute atomic E-state index is 13.0. The first kappa shape index (κ1) is 18.6. The molecule has 2 aromatic rings. The van der Waals surface area contributed by atoms with Crippen LogP contribution in [0.15, 0.2) is 30.6 Å². The minimum absolute atomic E-state index is 0.143. The van der Waals surface area contributed by atoms with Crippen LogP contribution >= 0.6 is 0 Å². The molecule has 0 radical (unpaired) electrons. The van der Waals surface area contributed by atoms with Gasteiger partial charge in [0.05, 0.1) is 0 Å². The second-order valence-corrected chi connectivity index (χ2v) is 7.67. The number of benzene rings is 1. The lowest BCUT2D eigenvalue weighted by atomic mass is 9.96. The van der Waals surface area contributed by atoms with Gasteiger partial charge in [0.15, 0.2) is 0 Å². The highest BCUT2D eigenvalue weighted by atomic mass is 16.2. The summed E-state index contributed by atoms with van der Waals surface area (Å²) in [6.45, 7) is 7.65. The van der Waals surface area contributed by atoms with Gasteiger partial charge >= 0.3 is 0 Å². The van der Waals surface area contributed by atoms with E-state index in [1.807, 2.05) is 29.3 Å². The zero-order valence-corrected chi connectivity index (χ0v) is 16.4. The molecule has 0 aliphatic carbocycles. The largest absolute Gasteiger partial charge is 0.338 e. The van der Waals surface area contributed by atoms with E-state index in [0.29, 0.717) is 5.92 Å². The first-order valence-corrected chi connectivity index (χ1v) is 9.48. The Balaban J connectivity index is 1.72. The number of carbonyl (C=O) groups excluding carboxylic acids is 1. The standard InChI is InChI=1S/C21H30N4O/c1-16-7-8-18(14-17(16)2)21(26)25-10-5-6-19(15-25)20-22-9-11-24(20)13-12-23(3)4/h7-9,11,14,19H,5-6,10,12-13,15H2,1-4H3/t19-/m0/s1. The van der Waals surface area contributed by atoms with Gasteiger partial charge in [0.2, 0.25) is 0 Å². The quantitative estimate of drug-likeness (QED) is 0.829. The van der Waals surface area contributed by atoms with E-state index in [9.17, 15) is 4.79 Å². The minimum Gasteiger partial charge on any atom is -0.338 e. The number of hydrogen-bond donors (Lipinski definition) is 0. The molecule has 2 heterocycles. The third-order valence-electron chi connectivity index (χ3n) is 5.36. The highest BCUT2D eigenvalue weighted by Crippen LogP contribution is 2.27. The van der Waals surface area contributed by atoms with E-state index in [0.717, 1.165) is 50.4 Å². The van der Waals surface area contributed by atoms with Crippen LogP contribution in [0.4, 0.5) is 0 Å². The Bertz CT molecular complexity index is 765. The predicted molar refractivity (Wildman–Crippen MR) is 105 cm³/mol. The van der Waals surface area contributed by atoms with Crippen molar-refractivity contribution in [2.24, 2.45) is 0 Å². The van der Waals surface area contributed by atoms with Gasteiger partial charge in [0, 0.05) is 50.1 Å². The van der Waals surface area contributed by atoms with Gasteiger partial charge in [-0.15, -0.1) is 0 Å². The van der Waals surface area contributed by atoms with E-state index in [-0.39, 0.29) is 5.91 Å². The van der Waals surface area contributed by atoms with Gasteiger partial charge in [-0.1, -0.05) is 6.07 Å². The number of aromatic nitrogens is 2. The van der Waals surface area contributed by atoms with Gasteiger partial charge in [-0.2, -0.15) is 0 Å². The number of likely N-dealkylation sites (tertiary alicyclic amines) is 1. The van der Waals surface area contributed by atoms with Crippen LogP contribution in [0.2, 0.25) is 0 Å². The van der Waals surface area contributed by atoms with Crippen LogP contribution in [0.3, 0.4) is 0 Å². The summed E-state index contributed by atoms with van der Waals surface area (Å²) < 4.78 is 2.24. The summed E-state index contributed by atoms with van der Waals surface area (Å²) in [7, 11) is 4.17. The molecule has 1 amide bonds. The van der Waals surface area contributed by atoms with Gasteiger partial charge in [-0.05, 0) is 64.0 Å². The summed E-state index contributed by atoms with van der Waals surface area (Å²) in [5, 5.41) is 0. The lowest BCUT2D eigenvalue weighted by Crippen LogP contribution is -2.40. The van der Waals surface area contributed by atoms with Gasteiger partial charge in [-0.3, -0.25) is 4.79 Å². The third-order valence-corrected chi connectivity index (χ3v) is 5.36. The first-order chi connectivity index (χ1) is 12.5. The molecule has 0 N–H and O–H groups in total. The number of piperidine rings is 1. The first-order valence-electron chi connectivity index (χ1n) is 9.48. The molecule has 0 bridgehead atoms. The molecule has 1 aromatic carbocycles. The second-order valence-electron chi connectivity index (χ2n) is 7.67. The summed E-state index contributed by atoms with van der Waals surface area (Å²) in [5.41, 5.74) is 3.19. The molecule has 0 spiro atoms. The molecule has 3 rings (SSSR count). The van der Waals surface area contributed by atoms with Gasteiger partial charge in [-0.25, -0.2) is 4.98 Å². The maximum atomic E-state index is 13.0. The molecule has 1 fully saturated rings. The van der Waals surface area contributed by atoms with E-state index in [2.05, 4.69) is 48.6 Å². The van der Waals surface area contributed by atoms with Gasteiger partial charge < -0.3 is 14.4 Å². The predicted octanol–water partition coefficient (Wildman–Crippen LogP) is 3.08. The highest BCUT2D eigenvalue weighted by Gasteiger charge is 2.28. The van der Waals surface area contributed by atoms with Crippen molar-refractivity contribution in [3.63, 3.8) is 0 Å². The lowest BCUT2D eigenvalue weighted by Gasteiger charge is -2.33. The monoisotopic (exact) mass is 354 g/mol. The molecular weight excluding hydrogens is 324 g/mol. The summed E-state index contributed by atoms with van der Waals surface area (Å²) in [6.07, 6.45) is 6.06. The van der Waals surface area contributed by atoms with E-state index in [4.69, 9.17) is 0 Å². The number of imidazole rings is 1. The van der Waals surface area contributed by atoms with Crippen molar-refractivity contribution in [2.75, 3.05) is 33.7 Å². The molecule has 140 valence electrons. The smallest absolute Gasteiger partial charge is 0.253 e. The van der Waals surface area contributed by atoms with Crippen molar-refractivity contribution >= 4 is 5.91 Å². The number of rotatable bonds is 5. The number of hydrogen-bond acceptors (Lipinski definition) is 3. The number of likely N-dealkylation sites (N-methyl/N-ethyl adjacent to an activating group) is 1. The Hall–Kier alpha value is -2.14. The van der Waals surface area contributed by atoms with Crippen molar-refractivity contribution in [3.8, 4) is 0 Å². The van der Waals surface area contributed by atoms with Gasteiger partial charge in [0.25, 0.3) is 5.91 Å². The topological polar surface area (TPSA) is 41.4 Å². The maximum Gasteiger partial charge on any atom is 0.253 e. The molecular formula is C21H30N4O. The van der Waals surface area contributed by atoms with Crippen molar-refractivity contribution < 1.29 is 4.79 Å². The van der Waals surface area contributed by atoms with Crippen LogP contribution in [0.25, 0.3) is 0 Å². The van der Waals surface area contributed by atoms with E-state index in [1.54, 1.807) is 0 Å². The number of amides is 1. The molecule has 1 atom stereocenters. The molecule has 1 aromatic heterocycles. The van der Waals surface area contributed by atoms with E-state index in [1.165, 1.54) is 11.1 Å². The second kappa shape index (κ2) is 8.04. The summed E-state index contributed by atoms with van der Waals surface area (Å²) in [4.78, 5) is 21.8. The number of nitrogens with zero attached hydrogens (tertiary/aromatic N) is 4. The highest BCUT2D eigenvalue weighted by molar-refractivity contribution is 5.94. The normalized spacial score (nSPS) is 17.7. The fraction of sp³-hybridized carbons (Fsp3) is 0.524. The van der Waals surface area contributed by atoms with Crippen LogP contribution in [0.5, 0.6) is 0 Å². The minimum atomic E-state index is 0.143. The lowest BCUT2D eigenvalue weighted by molar-refractivity contribution is 0.0703. The fourth-order valence-corrected chi connectivity index (χ4v) is 3.61. The SMILES string of the molecule is Cc1ccc(C(=O)N2CCC[C@H](c3nccn3CCN(C)C)C2)cc1C. The Morgan fingerprint density at radius 2 is 2.08 bits per heavy atom. The van der Waals surface area contributed by atoms with E-state index >= 15 is 0 Å². The fourth-order valence-electron chi connectivity index (χ4n) is 3.61. The average Bonchev–Trinajstić information content (AvgIpc) is 3.10. The average molecular weight is 354 g/mol. The molecule has 5 heteroatoms. The molecule has 0 saturated carbocycles. The zero-order chi connectivity index (χ0) is 18.7. The summed E-state index contributed by atoms with van der Waals surface area (Å²) in [6, 6.07) is 6.00. The Morgan fingerprint density at radius 1 is 1.27 bits per heavy atom. The molecule has 0 unspecified atom stereocenters. The van der Waals surface area contributed by atoms with Crippen molar-refractivity contribution in [1.29, 1.82) is 0 Å². The van der Waals surface area contributed by atoms with Crippen LogP contribution in [0.1, 0.15) is 46.1 Å². The van der Waals surface area contributed by atoms with Crippen LogP contribution in [-0.4, -0.2) is 59.0 Å².